The van der Waals surface area contributed by atoms with Crippen molar-refractivity contribution in [3.63, 3.8) is 0 Å². The van der Waals surface area contributed by atoms with Gasteiger partial charge in [-0.3, -0.25) is 0 Å². The van der Waals surface area contributed by atoms with Crippen molar-refractivity contribution in [3.05, 3.63) is 145 Å². The van der Waals surface area contributed by atoms with E-state index in [4.69, 9.17) is 28.4 Å². The molecular weight excluding hydrogens is 656 g/mol. The van der Waals surface area contributed by atoms with Crippen LogP contribution in [-0.4, -0.2) is 53.1 Å². The van der Waals surface area contributed by atoms with Crippen molar-refractivity contribution in [2.45, 2.75) is 24.3 Å². The van der Waals surface area contributed by atoms with E-state index in [0.717, 1.165) is 57.1 Å². The molecule has 0 aromatic heterocycles. The molecule has 2 aliphatic rings. The first kappa shape index (κ1) is 36.0. The zero-order valence-electron chi connectivity index (χ0n) is 30.0. The highest BCUT2D eigenvalue weighted by Crippen LogP contribution is 2.32. The van der Waals surface area contributed by atoms with Crippen LogP contribution in [0.15, 0.2) is 145 Å². The third-order valence-corrected chi connectivity index (χ3v) is 8.69. The van der Waals surface area contributed by atoms with Crippen LogP contribution in [0.4, 0.5) is 22.7 Å². The maximum atomic E-state index is 6.66. The first-order valence-corrected chi connectivity index (χ1v) is 17.1. The van der Waals surface area contributed by atoms with Crippen LogP contribution in [0, 0.1) is 0 Å². The van der Waals surface area contributed by atoms with Gasteiger partial charge in [-0.05, 0) is 72.8 Å². The smallest absolute Gasteiger partial charge is 0.162 e. The molecule has 0 radical (unpaired) electrons. The maximum Gasteiger partial charge on any atom is 0.162 e. The molecule has 0 heterocycles. The number of nitrogens with one attached hydrogen (secondary N) is 4. The summed E-state index contributed by atoms with van der Waals surface area (Å²) < 4.78 is 35.1. The van der Waals surface area contributed by atoms with E-state index < -0.39 is 11.4 Å². The molecule has 0 amide bonds. The molecule has 4 aromatic rings. The molecule has 52 heavy (non-hydrogen) atoms. The minimum atomic E-state index is -0.835. The molecule has 10 nitrogen and oxygen atoms in total. The highest BCUT2D eigenvalue weighted by Gasteiger charge is 2.32. The van der Waals surface area contributed by atoms with E-state index in [1.165, 1.54) is 0 Å². The van der Waals surface area contributed by atoms with E-state index in [1.807, 2.05) is 121 Å². The second-order valence-electron chi connectivity index (χ2n) is 12.3. The lowest BCUT2D eigenvalue weighted by Gasteiger charge is -2.37. The average Bonchev–Trinajstić information content (AvgIpc) is 3.19. The van der Waals surface area contributed by atoms with Gasteiger partial charge in [0, 0.05) is 71.3 Å². The van der Waals surface area contributed by atoms with Gasteiger partial charge < -0.3 is 49.7 Å². The Bertz CT molecular complexity index is 1800. The minimum absolute atomic E-state index is 0.307. The molecule has 2 aliphatic carbocycles. The Balaban J connectivity index is 1.16. The SMILES string of the molecule is COc1cccc(NC2=CCC(Nc3cccc(OC)c3)(OCCOC3(Nc4cccc(OC)c4)C=CC(Nc4cccc(OC)c4)=CC3)C=C2)c1. The van der Waals surface area contributed by atoms with Gasteiger partial charge in [-0.2, -0.15) is 0 Å². The van der Waals surface area contributed by atoms with Gasteiger partial charge in [0.15, 0.2) is 11.4 Å². The topological polar surface area (TPSA) is 104 Å². The van der Waals surface area contributed by atoms with Crippen LogP contribution in [0.25, 0.3) is 0 Å². The van der Waals surface area contributed by atoms with Crippen LogP contribution in [0.5, 0.6) is 23.0 Å². The molecular formula is C42H46N4O6. The van der Waals surface area contributed by atoms with Gasteiger partial charge >= 0.3 is 0 Å². The Hall–Kier alpha value is -5.84. The number of methoxy groups -OCH3 is 4. The quantitative estimate of drug-likeness (QED) is 0.0632. The van der Waals surface area contributed by atoms with Gasteiger partial charge in [-0.25, -0.2) is 0 Å². The second kappa shape index (κ2) is 16.9. The number of rotatable bonds is 17. The van der Waals surface area contributed by atoms with Crippen LogP contribution in [0.2, 0.25) is 0 Å². The first-order valence-electron chi connectivity index (χ1n) is 17.1. The number of ether oxygens (including phenoxy) is 6. The number of allylic oxidation sites excluding steroid dienone is 2. The van der Waals surface area contributed by atoms with Gasteiger partial charge in [-0.15, -0.1) is 0 Å². The van der Waals surface area contributed by atoms with Crippen molar-refractivity contribution < 1.29 is 28.4 Å². The normalized spacial score (nSPS) is 19.2. The molecule has 2 atom stereocenters. The van der Waals surface area contributed by atoms with Crippen molar-refractivity contribution in [3.8, 4) is 23.0 Å². The van der Waals surface area contributed by atoms with Gasteiger partial charge in [0.1, 0.15) is 23.0 Å². The number of benzene rings is 4. The summed E-state index contributed by atoms with van der Waals surface area (Å²) in [7, 11) is 6.64. The second-order valence-corrected chi connectivity index (χ2v) is 12.3. The van der Waals surface area contributed by atoms with Crippen molar-refractivity contribution in [1.82, 2.24) is 0 Å². The van der Waals surface area contributed by atoms with Gasteiger partial charge in [0.25, 0.3) is 0 Å². The van der Waals surface area contributed by atoms with Gasteiger partial charge in [0.05, 0.1) is 41.7 Å². The van der Waals surface area contributed by atoms with E-state index in [2.05, 4.69) is 33.4 Å². The fourth-order valence-electron chi connectivity index (χ4n) is 5.97. The summed E-state index contributed by atoms with van der Waals surface area (Å²) in [5.74, 6) is 3.08. The van der Waals surface area contributed by atoms with Crippen LogP contribution >= 0.6 is 0 Å². The maximum absolute atomic E-state index is 6.66. The molecule has 10 heteroatoms. The van der Waals surface area contributed by atoms with Crippen LogP contribution in [0.1, 0.15) is 12.8 Å². The monoisotopic (exact) mass is 702 g/mol. The number of hydrogen-bond acceptors (Lipinski definition) is 10. The molecule has 0 spiro atoms. The Morgan fingerprint density at radius 2 is 0.827 bits per heavy atom. The molecule has 4 N–H and O–H groups in total. The highest BCUT2D eigenvalue weighted by atomic mass is 16.6. The third kappa shape index (κ3) is 9.48. The molecule has 0 bridgehead atoms. The summed E-state index contributed by atoms with van der Waals surface area (Å²) in [6.45, 7) is 0.615. The molecule has 0 aliphatic heterocycles. The Morgan fingerprint density at radius 3 is 1.15 bits per heavy atom. The molecule has 0 fully saturated rings. The first-order chi connectivity index (χ1) is 25.4. The van der Waals surface area contributed by atoms with Crippen molar-refractivity contribution in [2.75, 3.05) is 62.9 Å². The average molecular weight is 703 g/mol. The molecule has 0 saturated carbocycles. The fraction of sp³-hybridized carbons (Fsp3) is 0.238. The Morgan fingerprint density at radius 1 is 0.481 bits per heavy atom. The number of hydrogen-bond donors (Lipinski definition) is 4. The lowest BCUT2D eigenvalue weighted by molar-refractivity contribution is -0.0570. The predicted octanol–water partition coefficient (Wildman–Crippen LogP) is 8.58. The molecule has 6 rings (SSSR count). The van der Waals surface area contributed by atoms with E-state index >= 15 is 0 Å². The standard InChI is InChI=1S/C42H46N4O6/c1-47-37-13-5-9-33(27-37)43-31-17-21-41(22-18-31,45-35-11-7-15-39(29-35)49-3)51-25-26-52-42(46-36-12-8-16-40(30-36)50-4)23-19-32(20-24-42)44-34-10-6-14-38(28-34)48-2/h5-21,23,27-30,43-46H,22,24-26H2,1-4H3. The molecule has 0 saturated heterocycles. The minimum Gasteiger partial charge on any atom is -0.497 e. The van der Waals surface area contributed by atoms with Crippen molar-refractivity contribution >= 4 is 22.7 Å². The molecule has 4 aromatic carbocycles. The summed E-state index contributed by atoms with van der Waals surface area (Å²) >= 11 is 0. The zero-order chi connectivity index (χ0) is 36.2. The third-order valence-electron chi connectivity index (χ3n) is 8.69. The molecule has 270 valence electrons. The fourth-order valence-corrected chi connectivity index (χ4v) is 5.97. The van der Waals surface area contributed by atoms with Crippen molar-refractivity contribution in [1.29, 1.82) is 0 Å². The van der Waals surface area contributed by atoms with Crippen LogP contribution in [0.3, 0.4) is 0 Å². The van der Waals surface area contributed by atoms with E-state index in [9.17, 15) is 0 Å². The zero-order valence-corrected chi connectivity index (χ0v) is 30.0. The summed E-state index contributed by atoms with van der Waals surface area (Å²) in [6, 6.07) is 31.3. The summed E-state index contributed by atoms with van der Waals surface area (Å²) in [5, 5.41) is 14.1. The van der Waals surface area contributed by atoms with E-state index in [0.29, 0.717) is 26.1 Å². The van der Waals surface area contributed by atoms with Gasteiger partial charge in [-0.1, -0.05) is 36.4 Å². The highest BCUT2D eigenvalue weighted by molar-refractivity contribution is 5.58. The lowest BCUT2D eigenvalue weighted by Crippen LogP contribution is -2.44. The lowest BCUT2D eigenvalue weighted by atomic mass is 10.0. The van der Waals surface area contributed by atoms with Crippen LogP contribution < -0.4 is 40.2 Å². The Kier molecular flexibility index (Phi) is 11.7. The largest absolute Gasteiger partial charge is 0.497 e. The summed E-state index contributed by atoms with van der Waals surface area (Å²) in [6.07, 6.45) is 13.5. The number of anilines is 4. The van der Waals surface area contributed by atoms with Gasteiger partial charge in [0.2, 0.25) is 0 Å². The van der Waals surface area contributed by atoms with E-state index in [1.54, 1.807) is 28.4 Å². The Labute approximate surface area is 305 Å². The summed E-state index contributed by atoms with van der Waals surface area (Å²) in [5.41, 5.74) is 3.85. The summed E-state index contributed by atoms with van der Waals surface area (Å²) in [4.78, 5) is 0. The van der Waals surface area contributed by atoms with E-state index in [-0.39, 0.29) is 0 Å². The van der Waals surface area contributed by atoms with Crippen LogP contribution in [-0.2, 0) is 9.47 Å². The predicted molar refractivity (Wildman–Crippen MR) is 208 cm³/mol. The molecule has 2 unspecified atom stereocenters. The van der Waals surface area contributed by atoms with Crippen molar-refractivity contribution in [2.24, 2.45) is 0 Å².